The summed E-state index contributed by atoms with van der Waals surface area (Å²) in [5.74, 6) is 2.38. The van der Waals surface area contributed by atoms with Crippen molar-refractivity contribution >= 4 is 56.6 Å². The number of nitrogens with zero attached hydrogens (tertiary/aromatic N) is 7. The molecular weight excluding hydrogens is 446 g/mol. The first kappa shape index (κ1) is 20.7. The standard InChI is InChI=1S/C24H23N9S/c1-34-24-29-22(28-21-11-17-14-27-31-19(17)15-26-21)12-23(30-24)33-9-7-32(8-10-33)20-4-2-3-16-13-25-6-5-18(16)20/h2-6,11-15H,7-10H2,1H3,(H,27,31)(H,26,28,29,30). The minimum absolute atomic E-state index is 0.723. The van der Waals surface area contributed by atoms with Crippen molar-refractivity contribution in [1.82, 2.24) is 30.1 Å². The van der Waals surface area contributed by atoms with Gasteiger partial charge < -0.3 is 15.1 Å². The molecule has 10 heteroatoms. The van der Waals surface area contributed by atoms with Crippen LogP contribution in [0.3, 0.4) is 0 Å². The normalized spacial score (nSPS) is 14.1. The van der Waals surface area contributed by atoms with Crippen LogP contribution in [0.15, 0.2) is 66.3 Å². The molecule has 1 saturated heterocycles. The van der Waals surface area contributed by atoms with Gasteiger partial charge in [0.2, 0.25) is 0 Å². The lowest BCUT2D eigenvalue weighted by molar-refractivity contribution is 0.645. The first-order valence-corrected chi connectivity index (χ1v) is 12.3. The Hall–Kier alpha value is -3.92. The van der Waals surface area contributed by atoms with Crippen LogP contribution in [-0.2, 0) is 0 Å². The van der Waals surface area contributed by atoms with Gasteiger partial charge in [-0.25, -0.2) is 15.0 Å². The number of rotatable bonds is 5. The predicted octanol–water partition coefficient (Wildman–Crippen LogP) is 4.09. The Morgan fingerprint density at radius 1 is 0.912 bits per heavy atom. The third-order valence-electron chi connectivity index (χ3n) is 6.06. The molecule has 0 atom stereocenters. The van der Waals surface area contributed by atoms with Gasteiger partial charge in [-0.2, -0.15) is 5.10 Å². The van der Waals surface area contributed by atoms with Gasteiger partial charge in [-0.05, 0) is 24.5 Å². The number of benzene rings is 1. The van der Waals surface area contributed by atoms with E-state index in [1.807, 2.05) is 30.8 Å². The summed E-state index contributed by atoms with van der Waals surface area (Å²) in [6.07, 6.45) is 9.33. The zero-order valence-corrected chi connectivity index (χ0v) is 19.5. The molecule has 0 spiro atoms. The molecule has 170 valence electrons. The molecule has 0 amide bonds. The van der Waals surface area contributed by atoms with Crippen molar-refractivity contribution in [3.8, 4) is 0 Å². The number of piperazine rings is 1. The maximum absolute atomic E-state index is 4.78. The van der Waals surface area contributed by atoms with Gasteiger partial charge in [-0.1, -0.05) is 23.9 Å². The molecule has 4 aromatic heterocycles. The molecular formula is C24H23N9S. The lowest BCUT2D eigenvalue weighted by Gasteiger charge is -2.37. The van der Waals surface area contributed by atoms with E-state index in [0.717, 1.165) is 59.7 Å². The van der Waals surface area contributed by atoms with Gasteiger partial charge in [-0.15, -0.1) is 0 Å². The predicted molar refractivity (Wildman–Crippen MR) is 137 cm³/mol. The Morgan fingerprint density at radius 3 is 2.68 bits per heavy atom. The smallest absolute Gasteiger partial charge is 0.191 e. The van der Waals surface area contributed by atoms with Crippen molar-refractivity contribution in [2.24, 2.45) is 0 Å². The lowest BCUT2D eigenvalue weighted by atomic mass is 10.1. The molecule has 34 heavy (non-hydrogen) atoms. The molecule has 5 aromatic rings. The Kier molecular flexibility index (Phi) is 5.34. The van der Waals surface area contributed by atoms with E-state index in [1.54, 1.807) is 12.4 Å². The van der Waals surface area contributed by atoms with Crippen LogP contribution in [0.5, 0.6) is 0 Å². The van der Waals surface area contributed by atoms with Crippen LogP contribution in [-0.4, -0.2) is 62.6 Å². The van der Waals surface area contributed by atoms with E-state index in [4.69, 9.17) is 4.98 Å². The Labute approximate surface area is 200 Å². The third-order valence-corrected chi connectivity index (χ3v) is 6.61. The van der Waals surface area contributed by atoms with Crippen LogP contribution in [0.1, 0.15) is 0 Å². The molecule has 1 aliphatic rings. The molecule has 1 fully saturated rings. The first-order valence-electron chi connectivity index (χ1n) is 11.1. The van der Waals surface area contributed by atoms with Gasteiger partial charge in [0.25, 0.3) is 0 Å². The molecule has 0 aliphatic carbocycles. The number of fused-ring (bicyclic) bond motifs is 2. The van der Waals surface area contributed by atoms with E-state index < -0.39 is 0 Å². The van der Waals surface area contributed by atoms with Crippen LogP contribution in [0.4, 0.5) is 23.1 Å². The number of nitrogens with one attached hydrogen (secondary N) is 2. The third kappa shape index (κ3) is 3.96. The van der Waals surface area contributed by atoms with Crippen LogP contribution < -0.4 is 15.1 Å². The summed E-state index contributed by atoms with van der Waals surface area (Å²) in [7, 11) is 0. The van der Waals surface area contributed by atoms with Gasteiger partial charge >= 0.3 is 0 Å². The van der Waals surface area contributed by atoms with Gasteiger partial charge in [0.05, 0.1) is 17.9 Å². The van der Waals surface area contributed by atoms with Crippen molar-refractivity contribution in [3.63, 3.8) is 0 Å². The van der Waals surface area contributed by atoms with E-state index in [2.05, 4.69) is 64.5 Å². The van der Waals surface area contributed by atoms with Gasteiger partial charge in [0.15, 0.2) is 5.16 Å². The molecule has 0 radical (unpaired) electrons. The minimum Gasteiger partial charge on any atom is -0.367 e. The molecule has 1 aliphatic heterocycles. The quantitative estimate of drug-likeness (QED) is 0.291. The SMILES string of the molecule is CSc1nc(Nc2cc3cn[nH]c3cn2)cc(N2CCN(c3cccc4cnccc34)CC2)n1. The summed E-state index contributed by atoms with van der Waals surface area (Å²) >= 11 is 1.53. The van der Waals surface area contributed by atoms with Crippen LogP contribution >= 0.6 is 11.8 Å². The van der Waals surface area contributed by atoms with Crippen LogP contribution in [0, 0.1) is 0 Å². The number of hydrogen-bond acceptors (Lipinski definition) is 9. The molecule has 9 nitrogen and oxygen atoms in total. The highest BCUT2D eigenvalue weighted by Crippen LogP contribution is 2.29. The van der Waals surface area contributed by atoms with Gasteiger partial charge in [-0.3, -0.25) is 10.1 Å². The minimum atomic E-state index is 0.723. The molecule has 6 rings (SSSR count). The van der Waals surface area contributed by atoms with E-state index in [9.17, 15) is 0 Å². The Bertz CT molecular complexity index is 1450. The fourth-order valence-electron chi connectivity index (χ4n) is 4.33. The fourth-order valence-corrected chi connectivity index (χ4v) is 4.70. The molecule has 0 bridgehead atoms. The Morgan fingerprint density at radius 2 is 1.79 bits per heavy atom. The van der Waals surface area contributed by atoms with E-state index >= 15 is 0 Å². The summed E-state index contributed by atoms with van der Waals surface area (Å²) in [5, 5.41) is 14.5. The molecule has 0 saturated carbocycles. The molecule has 1 aromatic carbocycles. The van der Waals surface area contributed by atoms with Crippen molar-refractivity contribution in [2.45, 2.75) is 5.16 Å². The molecule has 5 heterocycles. The van der Waals surface area contributed by atoms with Crippen molar-refractivity contribution in [2.75, 3.05) is 47.6 Å². The van der Waals surface area contributed by atoms with Gasteiger partial charge in [0.1, 0.15) is 17.5 Å². The second kappa shape index (κ2) is 8.79. The van der Waals surface area contributed by atoms with Gasteiger partial charge in [0, 0.05) is 66.5 Å². The average molecular weight is 470 g/mol. The lowest BCUT2D eigenvalue weighted by Crippen LogP contribution is -2.47. The zero-order valence-electron chi connectivity index (χ0n) is 18.6. The monoisotopic (exact) mass is 469 g/mol. The Balaban J connectivity index is 1.22. The van der Waals surface area contributed by atoms with E-state index in [-0.39, 0.29) is 0 Å². The zero-order chi connectivity index (χ0) is 22.9. The number of aromatic amines is 1. The second-order valence-corrected chi connectivity index (χ2v) is 8.87. The highest BCUT2D eigenvalue weighted by molar-refractivity contribution is 7.98. The molecule has 0 unspecified atom stereocenters. The number of hydrogen-bond donors (Lipinski definition) is 2. The number of H-pyrrole nitrogens is 1. The summed E-state index contributed by atoms with van der Waals surface area (Å²) in [4.78, 5) is 22.9. The highest BCUT2D eigenvalue weighted by atomic mass is 32.2. The molecule has 2 N–H and O–H groups in total. The maximum Gasteiger partial charge on any atom is 0.191 e. The maximum atomic E-state index is 4.78. The van der Waals surface area contributed by atoms with E-state index in [1.165, 1.54) is 28.2 Å². The van der Waals surface area contributed by atoms with E-state index in [0.29, 0.717) is 0 Å². The number of thioether (sulfide) groups is 1. The van der Waals surface area contributed by atoms with Crippen molar-refractivity contribution < 1.29 is 0 Å². The second-order valence-electron chi connectivity index (χ2n) is 8.10. The number of pyridine rings is 2. The first-order chi connectivity index (χ1) is 16.8. The summed E-state index contributed by atoms with van der Waals surface area (Å²) in [6.45, 7) is 3.60. The topological polar surface area (TPSA) is 98.8 Å². The van der Waals surface area contributed by atoms with Crippen LogP contribution in [0.25, 0.3) is 21.7 Å². The summed E-state index contributed by atoms with van der Waals surface area (Å²) in [5.41, 5.74) is 2.16. The summed E-state index contributed by atoms with van der Waals surface area (Å²) < 4.78 is 0. The summed E-state index contributed by atoms with van der Waals surface area (Å²) in [6, 6.07) is 12.5. The fraction of sp³-hybridized carbons (Fsp3) is 0.208. The van der Waals surface area contributed by atoms with Crippen molar-refractivity contribution in [3.05, 3.63) is 61.2 Å². The number of anilines is 4. The highest BCUT2D eigenvalue weighted by Gasteiger charge is 2.21. The van der Waals surface area contributed by atoms with Crippen molar-refractivity contribution in [1.29, 1.82) is 0 Å². The van der Waals surface area contributed by atoms with Crippen LogP contribution in [0.2, 0.25) is 0 Å². The average Bonchev–Trinajstić information content (AvgIpc) is 3.36. The number of aromatic nitrogens is 6. The largest absolute Gasteiger partial charge is 0.367 e.